The number of allylic oxidation sites excluding steroid dienone is 1. The first kappa shape index (κ1) is 31.3. The van der Waals surface area contributed by atoms with E-state index in [1.165, 1.54) is 0 Å². The zero-order valence-electron chi connectivity index (χ0n) is 26.3. The van der Waals surface area contributed by atoms with Gasteiger partial charge in [0.05, 0.1) is 28.0 Å². The number of para-hydroxylation sites is 1. The van der Waals surface area contributed by atoms with E-state index < -0.39 is 50.6 Å². The third-order valence-corrected chi connectivity index (χ3v) is 11.7. The second-order valence-electron chi connectivity index (χ2n) is 13.3. The lowest BCUT2D eigenvalue weighted by atomic mass is 9.93. The topological polar surface area (TPSA) is 148 Å². The fraction of sp³-hybridized carbons (Fsp3) is 0.457. The summed E-state index contributed by atoms with van der Waals surface area (Å²) >= 11 is 0. The fourth-order valence-corrected chi connectivity index (χ4v) is 8.27. The molecule has 3 saturated carbocycles. The maximum Gasteiger partial charge on any atom is 0.259 e. The highest BCUT2D eigenvalue weighted by Gasteiger charge is 2.62. The summed E-state index contributed by atoms with van der Waals surface area (Å²) in [5, 5.41) is 3.08. The standard InChI is InChI=1S/C35H39N5O6S/c1-40-18-10-3-2-7-13-23-21-35(23,34(43)39-47(44,45)25-16-17-25)38-31(41)27-19-24(20-28(27)33(40)42)46-32-26-14-8-9-15-29(26)36-30(37-32)22-11-5-4-6-12-22/h4-9,11-15,23-25,27-28H,2-3,10,16-21H2,1H3,(H,38,41)(H,39,43)/b13-7-/t23-,24+,27+,28+,35+/m0/s1. The third-order valence-electron chi connectivity index (χ3n) is 9.88. The van der Waals surface area contributed by atoms with E-state index in [2.05, 4.69) is 10.0 Å². The predicted molar refractivity (Wildman–Crippen MR) is 175 cm³/mol. The Kier molecular flexibility index (Phi) is 8.23. The number of carbonyl (C=O) groups is 3. The van der Waals surface area contributed by atoms with E-state index in [1.54, 1.807) is 11.9 Å². The smallest absolute Gasteiger partial charge is 0.259 e. The molecule has 4 aliphatic rings. The molecule has 2 heterocycles. The van der Waals surface area contributed by atoms with Crippen molar-refractivity contribution in [2.24, 2.45) is 17.8 Å². The number of sulfonamides is 1. The van der Waals surface area contributed by atoms with Crippen molar-refractivity contribution in [1.82, 2.24) is 24.9 Å². The van der Waals surface area contributed by atoms with E-state index in [1.807, 2.05) is 66.7 Å². The number of ether oxygens (including phenoxy) is 1. The Balaban J connectivity index is 1.18. The predicted octanol–water partition coefficient (Wildman–Crippen LogP) is 3.75. The van der Waals surface area contributed by atoms with Crippen LogP contribution in [0.2, 0.25) is 0 Å². The van der Waals surface area contributed by atoms with Crippen molar-refractivity contribution in [1.29, 1.82) is 0 Å². The zero-order chi connectivity index (χ0) is 32.8. The van der Waals surface area contributed by atoms with Crippen LogP contribution in [0.4, 0.5) is 0 Å². The average molecular weight is 658 g/mol. The first-order valence-electron chi connectivity index (χ1n) is 16.4. The van der Waals surface area contributed by atoms with Gasteiger partial charge in [0.15, 0.2) is 5.82 Å². The minimum absolute atomic E-state index is 0.150. The van der Waals surface area contributed by atoms with Crippen molar-refractivity contribution in [2.45, 2.75) is 68.3 Å². The average Bonchev–Trinajstić information content (AvgIpc) is 3.99. The Morgan fingerprint density at radius 1 is 1.00 bits per heavy atom. The van der Waals surface area contributed by atoms with Gasteiger partial charge in [-0.1, -0.05) is 54.6 Å². The molecular formula is C35H39N5O6S. The Bertz CT molecular complexity index is 1850. The largest absolute Gasteiger partial charge is 0.474 e. The molecule has 246 valence electrons. The van der Waals surface area contributed by atoms with Crippen LogP contribution in [0.3, 0.4) is 0 Å². The summed E-state index contributed by atoms with van der Waals surface area (Å²) in [5.74, 6) is -2.24. The molecule has 11 nitrogen and oxygen atoms in total. The minimum atomic E-state index is -3.81. The Morgan fingerprint density at radius 2 is 1.74 bits per heavy atom. The molecule has 12 heteroatoms. The molecule has 3 aromatic rings. The van der Waals surface area contributed by atoms with Crippen LogP contribution in [0.15, 0.2) is 66.7 Å². The van der Waals surface area contributed by atoms with E-state index in [0.29, 0.717) is 49.4 Å². The molecule has 5 atom stereocenters. The van der Waals surface area contributed by atoms with Crippen LogP contribution in [-0.2, 0) is 24.4 Å². The van der Waals surface area contributed by atoms with Crippen LogP contribution in [0, 0.1) is 17.8 Å². The van der Waals surface area contributed by atoms with Gasteiger partial charge in [-0.15, -0.1) is 0 Å². The number of amides is 3. The molecule has 1 aliphatic heterocycles. The maximum absolute atomic E-state index is 14.1. The Labute approximate surface area is 274 Å². The molecule has 0 spiro atoms. The number of benzene rings is 2. The molecule has 0 bridgehead atoms. The molecule has 0 radical (unpaired) electrons. The van der Waals surface area contributed by atoms with Gasteiger partial charge >= 0.3 is 0 Å². The molecular weight excluding hydrogens is 618 g/mol. The summed E-state index contributed by atoms with van der Waals surface area (Å²) in [6.45, 7) is 0.564. The number of hydrogen-bond donors (Lipinski definition) is 2. The second kappa shape index (κ2) is 12.4. The van der Waals surface area contributed by atoms with E-state index in [4.69, 9.17) is 14.7 Å². The highest BCUT2D eigenvalue weighted by molar-refractivity contribution is 7.91. The summed E-state index contributed by atoms with van der Waals surface area (Å²) in [7, 11) is -2.06. The first-order valence-corrected chi connectivity index (χ1v) is 18.0. The fourth-order valence-electron chi connectivity index (χ4n) is 6.90. The van der Waals surface area contributed by atoms with Gasteiger partial charge in [-0.05, 0) is 63.5 Å². The summed E-state index contributed by atoms with van der Waals surface area (Å²) in [4.78, 5) is 52.7. The Morgan fingerprint density at radius 3 is 2.53 bits per heavy atom. The lowest BCUT2D eigenvalue weighted by Gasteiger charge is -2.26. The third kappa shape index (κ3) is 6.35. The maximum atomic E-state index is 14.1. The molecule has 0 saturated heterocycles. The van der Waals surface area contributed by atoms with E-state index in [-0.39, 0.29) is 18.2 Å². The lowest BCUT2D eigenvalue weighted by Crippen LogP contribution is -2.54. The number of rotatable bonds is 6. The lowest BCUT2D eigenvalue weighted by molar-refractivity contribution is -0.140. The van der Waals surface area contributed by atoms with Gasteiger partial charge in [0.25, 0.3) is 5.91 Å². The van der Waals surface area contributed by atoms with E-state index >= 15 is 0 Å². The molecule has 3 aliphatic carbocycles. The van der Waals surface area contributed by atoms with Gasteiger partial charge in [0.2, 0.25) is 27.7 Å². The molecule has 2 N–H and O–H groups in total. The van der Waals surface area contributed by atoms with Crippen molar-refractivity contribution >= 4 is 38.6 Å². The Hall–Kier alpha value is -4.32. The zero-order valence-corrected chi connectivity index (χ0v) is 27.1. The van der Waals surface area contributed by atoms with Crippen molar-refractivity contribution in [3.8, 4) is 17.3 Å². The number of nitrogens with zero attached hydrogens (tertiary/aromatic N) is 3. The van der Waals surface area contributed by atoms with Crippen LogP contribution >= 0.6 is 0 Å². The van der Waals surface area contributed by atoms with Crippen LogP contribution in [0.5, 0.6) is 5.88 Å². The number of nitrogens with one attached hydrogen (secondary N) is 2. The normalized spacial score (nSPS) is 28.8. The van der Waals surface area contributed by atoms with Crippen molar-refractivity contribution < 1.29 is 27.5 Å². The van der Waals surface area contributed by atoms with E-state index in [9.17, 15) is 22.8 Å². The van der Waals surface area contributed by atoms with Gasteiger partial charge in [-0.25, -0.2) is 13.4 Å². The van der Waals surface area contributed by atoms with Gasteiger partial charge in [0.1, 0.15) is 11.6 Å². The van der Waals surface area contributed by atoms with Crippen LogP contribution in [0.1, 0.15) is 51.4 Å². The van der Waals surface area contributed by atoms with Crippen molar-refractivity contribution in [3.05, 3.63) is 66.7 Å². The summed E-state index contributed by atoms with van der Waals surface area (Å²) < 4.78 is 34.2. The SMILES string of the molecule is CN1CCCC/C=C\[C@H]2C[C@@]2(C(=O)NS(=O)(=O)C2CC2)NC(=O)[C@@H]2C[C@@H](Oc3nc(-c4ccccc4)nc4ccccc34)C[C@H]2C1=O. The molecule has 3 fully saturated rings. The van der Waals surface area contributed by atoms with Crippen molar-refractivity contribution in [3.63, 3.8) is 0 Å². The molecule has 1 aromatic heterocycles. The van der Waals surface area contributed by atoms with Gasteiger partial charge < -0.3 is 15.0 Å². The van der Waals surface area contributed by atoms with Crippen LogP contribution in [0.25, 0.3) is 22.3 Å². The summed E-state index contributed by atoms with van der Waals surface area (Å²) in [6, 6.07) is 17.2. The number of hydrogen-bond acceptors (Lipinski definition) is 8. The van der Waals surface area contributed by atoms with Gasteiger partial charge in [-0.3, -0.25) is 19.1 Å². The molecule has 0 unspecified atom stereocenters. The number of fused-ring (bicyclic) bond motifs is 3. The molecule has 3 amide bonds. The number of aromatic nitrogens is 2. The van der Waals surface area contributed by atoms with Crippen LogP contribution in [-0.4, -0.2) is 71.5 Å². The molecule has 2 aromatic carbocycles. The summed E-state index contributed by atoms with van der Waals surface area (Å²) in [6.07, 6.45) is 7.62. The number of carbonyl (C=O) groups excluding carboxylic acids is 3. The highest BCUT2D eigenvalue weighted by Crippen LogP contribution is 2.47. The summed E-state index contributed by atoms with van der Waals surface area (Å²) in [5.41, 5.74) is 0.161. The molecule has 7 rings (SSSR count). The first-order chi connectivity index (χ1) is 22.6. The van der Waals surface area contributed by atoms with Gasteiger partial charge in [0, 0.05) is 25.1 Å². The van der Waals surface area contributed by atoms with Gasteiger partial charge in [-0.2, -0.15) is 4.98 Å². The minimum Gasteiger partial charge on any atom is -0.474 e. The van der Waals surface area contributed by atoms with E-state index in [0.717, 1.165) is 30.2 Å². The van der Waals surface area contributed by atoms with Crippen LogP contribution < -0.4 is 14.8 Å². The van der Waals surface area contributed by atoms with Crippen molar-refractivity contribution in [2.75, 3.05) is 13.6 Å². The quantitative estimate of drug-likeness (QED) is 0.381. The highest BCUT2D eigenvalue weighted by atomic mass is 32.2. The second-order valence-corrected chi connectivity index (χ2v) is 15.3. The monoisotopic (exact) mass is 657 g/mol. The molecule has 47 heavy (non-hydrogen) atoms.